The number of phenols is 1. The highest BCUT2D eigenvalue weighted by molar-refractivity contribution is 6.32. The second kappa shape index (κ2) is 2.64. The van der Waals surface area contributed by atoms with Crippen molar-refractivity contribution in [1.29, 1.82) is 0 Å². The van der Waals surface area contributed by atoms with Gasteiger partial charge in [-0.1, -0.05) is 17.7 Å². The highest BCUT2D eigenvalue weighted by Crippen LogP contribution is 2.38. The van der Waals surface area contributed by atoms with Gasteiger partial charge in [-0.2, -0.15) is 0 Å². The van der Waals surface area contributed by atoms with E-state index in [9.17, 15) is 5.11 Å². The van der Waals surface area contributed by atoms with Crippen LogP contribution in [0, 0.1) is 0 Å². The van der Waals surface area contributed by atoms with Crippen molar-refractivity contribution in [2.75, 3.05) is 0 Å². The van der Waals surface area contributed by atoms with Crippen molar-refractivity contribution in [1.82, 2.24) is 0 Å². The van der Waals surface area contributed by atoms with Gasteiger partial charge in [0.15, 0.2) is 0 Å². The van der Waals surface area contributed by atoms with Gasteiger partial charge in [0.25, 0.3) is 0 Å². The molecule has 1 unspecified atom stereocenters. The van der Waals surface area contributed by atoms with Gasteiger partial charge in [0, 0.05) is 6.04 Å². The van der Waals surface area contributed by atoms with Crippen molar-refractivity contribution in [3.63, 3.8) is 0 Å². The van der Waals surface area contributed by atoms with E-state index >= 15 is 0 Å². The molecule has 0 saturated carbocycles. The standard InChI is InChI=1S/C9H10ClNO/c10-9-6-1-3-7(11)5(6)2-4-8(9)12/h2,4,7,12H,1,3,11H2. The van der Waals surface area contributed by atoms with Gasteiger partial charge in [0.05, 0.1) is 5.02 Å². The molecule has 2 rings (SSSR count). The minimum atomic E-state index is 0.0955. The lowest BCUT2D eigenvalue weighted by Gasteiger charge is -2.06. The highest BCUT2D eigenvalue weighted by Gasteiger charge is 2.22. The van der Waals surface area contributed by atoms with E-state index in [2.05, 4.69) is 0 Å². The normalized spacial score (nSPS) is 21.0. The maximum Gasteiger partial charge on any atom is 0.134 e. The summed E-state index contributed by atoms with van der Waals surface area (Å²) in [5.74, 6) is 0.157. The molecule has 3 heteroatoms. The van der Waals surface area contributed by atoms with Gasteiger partial charge >= 0.3 is 0 Å². The number of rotatable bonds is 0. The van der Waals surface area contributed by atoms with Crippen molar-refractivity contribution >= 4 is 11.6 Å². The summed E-state index contributed by atoms with van der Waals surface area (Å²) in [4.78, 5) is 0. The van der Waals surface area contributed by atoms with Crippen LogP contribution in [0.3, 0.4) is 0 Å². The number of nitrogens with two attached hydrogens (primary N) is 1. The van der Waals surface area contributed by atoms with Crippen LogP contribution >= 0.6 is 11.6 Å². The van der Waals surface area contributed by atoms with Gasteiger partial charge in [-0.05, 0) is 30.0 Å². The first-order chi connectivity index (χ1) is 5.70. The zero-order valence-corrected chi connectivity index (χ0v) is 7.30. The van der Waals surface area contributed by atoms with Crippen LogP contribution in [0.25, 0.3) is 0 Å². The topological polar surface area (TPSA) is 46.2 Å². The summed E-state index contributed by atoms with van der Waals surface area (Å²) in [5, 5.41) is 9.77. The molecule has 0 amide bonds. The minimum Gasteiger partial charge on any atom is -0.506 e. The van der Waals surface area contributed by atoms with Crippen LogP contribution in [0.4, 0.5) is 0 Å². The molecule has 0 saturated heterocycles. The molecule has 64 valence electrons. The van der Waals surface area contributed by atoms with E-state index in [1.54, 1.807) is 6.07 Å². The molecule has 0 aliphatic heterocycles. The molecule has 1 atom stereocenters. The van der Waals surface area contributed by atoms with E-state index < -0.39 is 0 Å². The predicted molar refractivity (Wildman–Crippen MR) is 48.4 cm³/mol. The third-order valence-electron chi connectivity index (χ3n) is 2.36. The lowest BCUT2D eigenvalue weighted by atomic mass is 10.1. The fourth-order valence-electron chi connectivity index (χ4n) is 1.68. The van der Waals surface area contributed by atoms with Gasteiger partial charge in [-0.15, -0.1) is 0 Å². The van der Waals surface area contributed by atoms with Crippen LogP contribution in [-0.4, -0.2) is 5.11 Å². The Balaban J connectivity index is 2.60. The largest absolute Gasteiger partial charge is 0.506 e. The Morgan fingerprint density at radius 2 is 2.25 bits per heavy atom. The van der Waals surface area contributed by atoms with E-state index in [4.69, 9.17) is 17.3 Å². The molecule has 0 spiro atoms. The molecule has 0 fully saturated rings. The average Bonchev–Trinajstić information content (AvgIpc) is 2.41. The molecule has 0 aromatic heterocycles. The average molecular weight is 184 g/mol. The summed E-state index contributed by atoms with van der Waals surface area (Å²) >= 11 is 5.90. The predicted octanol–water partition coefficient (Wildman–Crippen LogP) is 1.99. The molecule has 1 aliphatic rings. The smallest absolute Gasteiger partial charge is 0.134 e. The number of hydrogen-bond donors (Lipinski definition) is 2. The Morgan fingerprint density at radius 3 is 3.00 bits per heavy atom. The first-order valence-corrected chi connectivity index (χ1v) is 4.34. The Hall–Kier alpha value is -0.730. The van der Waals surface area contributed by atoms with Crippen molar-refractivity contribution in [2.24, 2.45) is 5.73 Å². The second-order valence-corrected chi connectivity index (χ2v) is 3.49. The highest BCUT2D eigenvalue weighted by atomic mass is 35.5. The van der Waals surface area contributed by atoms with Crippen LogP contribution in [-0.2, 0) is 6.42 Å². The number of fused-ring (bicyclic) bond motifs is 1. The summed E-state index contributed by atoms with van der Waals surface area (Å²) in [6.07, 6.45) is 1.81. The van der Waals surface area contributed by atoms with Gasteiger partial charge in [-0.25, -0.2) is 0 Å². The monoisotopic (exact) mass is 183 g/mol. The van der Waals surface area contributed by atoms with Crippen LogP contribution in [0.1, 0.15) is 23.6 Å². The molecular formula is C9H10ClNO. The fraction of sp³-hybridized carbons (Fsp3) is 0.333. The molecule has 1 aromatic rings. The van der Waals surface area contributed by atoms with Gasteiger partial charge in [-0.3, -0.25) is 0 Å². The van der Waals surface area contributed by atoms with Crippen LogP contribution < -0.4 is 5.73 Å². The van der Waals surface area contributed by atoms with Gasteiger partial charge in [0.2, 0.25) is 0 Å². The fourth-order valence-corrected chi connectivity index (χ4v) is 1.95. The minimum absolute atomic E-state index is 0.0955. The summed E-state index contributed by atoms with van der Waals surface area (Å²) < 4.78 is 0. The molecule has 2 nitrogen and oxygen atoms in total. The van der Waals surface area contributed by atoms with Crippen molar-refractivity contribution in [2.45, 2.75) is 18.9 Å². The van der Waals surface area contributed by atoms with Gasteiger partial charge in [0.1, 0.15) is 5.75 Å². The van der Waals surface area contributed by atoms with E-state index in [0.717, 1.165) is 24.0 Å². The Kier molecular flexibility index (Phi) is 1.74. The number of phenolic OH excluding ortho intramolecular Hbond substituents is 1. The number of benzene rings is 1. The third-order valence-corrected chi connectivity index (χ3v) is 2.79. The van der Waals surface area contributed by atoms with Crippen LogP contribution in [0.5, 0.6) is 5.75 Å². The van der Waals surface area contributed by atoms with Crippen molar-refractivity contribution in [3.05, 3.63) is 28.3 Å². The Morgan fingerprint density at radius 1 is 1.50 bits per heavy atom. The maximum absolute atomic E-state index is 9.30. The van der Waals surface area contributed by atoms with E-state index in [1.165, 1.54) is 0 Å². The van der Waals surface area contributed by atoms with E-state index in [-0.39, 0.29) is 11.8 Å². The lowest BCUT2D eigenvalue weighted by Crippen LogP contribution is -2.04. The number of aromatic hydroxyl groups is 1. The Bertz CT molecular complexity index is 325. The summed E-state index contributed by atoms with van der Waals surface area (Å²) in [6.45, 7) is 0. The second-order valence-electron chi connectivity index (χ2n) is 3.11. The molecule has 1 aromatic carbocycles. The van der Waals surface area contributed by atoms with E-state index in [0.29, 0.717) is 5.02 Å². The molecule has 0 radical (unpaired) electrons. The van der Waals surface area contributed by atoms with E-state index in [1.807, 2.05) is 6.07 Å². The zero-order chi connectivity index (χ0) is 8.72. The number of hydrogen-bond acceptors (Lipinski definition) is 2. The van der Waals surface area contributed by atoms with Crippen molar-refractivity contribution in [3.8, 4) is 5.75 Å². The summed E-state index contributed by atoms with van der Waals surface area (Å²) in [7, 11) is 0. The zero-order valence-electron chi connectivity index (χ0n) is 6.55. The molecule has 1 aliphatic carbocycles. The first-order valence-electron chi connectivity index (χ1n) is 3.96. The lowest BCUT2D eigenvalue weighted by molar-refractivity contribution is 0.475. The molecular weight excluding hydrogens is 174 g/mol. The summed E-state index contributed by atoms with van der Waals surface area (Å²) in [6, 6.07) is 3.55. The molecule has 12 heavy (non-hydrogen) atoms. The Labute approximate surface area is 76.0 Å². The quantitative estimate of drug-likeness (QED) is 0.646. The third kappa shape index (κ3) is 0.993. The molecule has 3 N–H and O–H groups in total. The summed E-state index contributed by atoms with van der Waals surface area (Å²) in [5.41, 5.74) is 7.92. The van der Waals surface area contributed by atoms with Crippen LogP contribution in [0.15, 0.2) is 12.1 Å². The van der Waals surface area contributed by atoms with Gasteiger partial charge < -0.3 is 10.8 Å². The SMILES string of the molecule is NC1CCc2c1ccc(O)c2Cl. The van der Waals surface area contributed by atoms with Crippen LogP contribution in [0.2, 0.25) is 5.02 Å². The first kappa shape index (κ1) is 7.90. The number of halogens is 1. The molecule has 0 bridgehead atoms. The van der Waals surface area contributed by atoms with Crippen molar-refractivity contribution < 1.29 is 5.11 Å². The maximum atomic E-state index is 9.30. The molecule has 0 heterocycles.